The molecule has 18 heavy (non-hydrogen) atoms. The van der Waals surface area contributed by atoms with Gasteiger partial charge in [-0.25, -0.2) is 8.78 Å². The summed E-state index contributed by atoms with van der Waals surface area (Å²) in [7, 11) is 0. The summed E-state index contributed by atoms with van der Waals surface area (Å²) in [6.45, 7) is 0.410. The molecule has 0 saturated carbocycles. The van der Waals surface area contributed by atoms with Gasteiger partial charge < -0.3 is 5.32 Å². The van der Waals surface area contributed by atoms with Crippen LogP contribution >= 0.6 is 23.2 Å². The van der Waals surface area contributed by atoms with E-state index >= 15 is 0 Å². The Morgan fingerprint density at radius 1 is 1.28 bits per heavy atom. The fraction of sp³-hybridized carbons (Fsp3) is 0.455. The minimum absolute atomic E-state index is 0.333. The molecule has 0 aliphatic heterocycles. The van der Waals surface area contributed by atoms with E-state index in [1.165, 1.54) is 12.1 Å². The number of nitrogens with one attached hydrogen (secondary N) is 1. The van der Waals surface area contributed by atoms with Crippen molar-refractivity contribution in [3.05, 3.63) is 33.8 Å². The molecule has 1 rings (SSSR count). The second-order valence-corrected chi connectivity index (χ2v) is 4.67. The van der Waals surface area contributed by atoms with Crippen molar-refractivity contribution in [2.45, 2.75) is 25.3 Å². The topological polar surface area (TPSA) is 12.0 Å². The molecule has 1 aromatic rings. The third-order valence-electron chi connectivity index (χ3n) is 2.39. The highest BCUT2D eigenvalue weighted by atomic mass is 35.5. The van der Waals surface area contributed by atoms with Gasteiger partial charge >= 0.3 is 12.3 Å². The van der Waals surface area contributed by atoms with Crippen molar-refractivity contribution in [2.24, 2.45) is 0 Å². The molecule has 102 valence electrons. The summed E-state index contributed by atoms with van der Waals surface area (Å²) < 4.78 is 49.4. The van der Waals surface area contributed by atoms with Gasteiger partial charge in [-0.2, -0.15) is 8.78 Å². The van der Waals surface area contributed by atoms with Crippen molar-refractivity contribution >= 4 is 23.2 Å². The average Bonchev–Trinajstić information content (AvgIpc) is 2.29. The first-order valence-electron chi connectivity index (χ1n) is 5.08. The summed E-state index contributed by atoms with van der Waals surface area (Å²) in [5.41, 5.74) is 0.481. The zero-order valence-corrected chi connectivity index (χ0v) is 10.9. The Hall–Kier alpha value is -0.520. The van der Waals surface area contributed by atoms with E-state index in [2.05, 4.69) is 5.32 Å². The number of benzene rings is 1. The van der Waals surface area contributed by atoms with E-state index < -0.39 is 24.9 Å². The Kier molecular flexibility index (Phi) is 5.25. The quantitative estimate of drug-likeness (QED) is 0.787. The van der Waals surface area contributed by atoms with E-state index in [-0.39, 0.29) is 0 Å². The number of hydrogen-bond acceptors (Lipinski definition) is 1. The molecule has 0 aliphatic carbocycles. The van der Waals surface area contributed by atoms with E-state index in [9.17, 15) is 17.6 Å². The van der Waals surface area contributed by atoms with Gasteiger partial charge in [0.1, 0.15) is 0 Å². The monoisotopic (exact) mass is 303 g/mol. The molecular weight excluding hydrogens is 293 g/mol. The fourth-order valence-electron chi connectivity index (χ4n) is 1.32. The van der Waals surface area contributed by atoms with E-state index in [0.29, 0.717) is 15.6 Å². The van der Waals surface area contributed by atoms with E-state index in [4.69, 9.17) is 23.2 Å². The average molecular weight is 304 g/mol. The van der Waals surface area contributed by atoms with Crippen LogP contribution in [-0.4, -0.2) is 18.9 Å². The number of hydrogen-bond donors (Lipinski definition) is 1. The molecule has 1 nitrogen and oxygen atoms in total. The van der Waals surface area contributed by atoms with Crippen molar-refractivity contribution in [1.29, 1.82) is 0 Å². The van der Waals surface area contributed by atoms with Gasteiger partial charge in [-0.3, -0.25) is 0 Å². The van der Waals surface area contributed by atoms with Crippen molar-refractivity contribution < 1.29 is 17.6 Å². The predicted octanol–water partition coefficient (Wildman–Crippen LogP) is 4.54. The maximum absolute atomic E-state index is 12.7. The molecule has 1 atom stereocenters. The largest absolute Gasteiger partial charge is 0.319 e. The molecule has 0 amide bonds. The lowest BCUT2D eigenvalue weighted by atomic mass is 10.1. The Labute approximate surface area is 112 Å². The summed E-state index contributed by atoms with van der Waals surface area (Å²) >= 11 is 11.6. The Morgan fingerprint density at radius 3 is 2.44 bits per heavy atom. The van der Waals surface area contributed by atoms with Crippen LogP contribution in [0.4, 0.5) is 17.6 Å². The summed E-state index contributed by atoms with van der Waals surface area (Å²) in [5.74, 6) is -4.07. The Morgan fingerprint density at radius 2 is 1.89 bits per heavy atom. The smallest absolute Gasteiger partial charge is 0.304 e. The van der Waals surface area contributed by atoms with Gasteiger partial charge in [0, 0.05) is 16.1 Å². The summed E-state index contributed by atoms with van der Waals surface area (Å²) in [6.07, 6.45) is -3.70. The highest BCUT2D eigenvalue weighted by Gasteiger charge is 2.40. The van der Waals surface area contributed by atoms with Crippen molar-refractivity contribution in [1.82, 2.24) is 5.32 Å². The zero-order chi connectivity index (χ0) is 13.9. The lowest BCUT2D eigenvalue weighted by Gasteiger charge is -2.20. The third-order valence-corrected chi connectivity index (χ3v) is 2.97. The van der Waals surface area contributed by atoms with Crippen LogP contribution in [-0.2, 0) is 0 Å². The number of halogens is 6. The van der Waals surface area contributed by atoms with E-state index in [1.54, 1.807) is 13.0 Å². The number of rotatable bonds is 5. The third kappa shape index (κ3) is 4.00. The summed E-state index contributed by atoms with van der Waals surface area (Å²) in [4.78, 5) is 0. The molecule has 0 aromatic heterocycles. The van der Waals surface area contributed by atoms with E-state index in [0.717, 1.165) is 0 Å². The van der Waals surface area contributed by atoms with Crippen LogP contribution in [0, 0.1) is 0 Å². The Balaban J connectivity index is 2.71. The highest BCUT2D eigenvalue weighted by Crippen LogP contribution is 2.28. The molecule has 0 radical (unpaired) electrons. The van der Waals surface area contributed by atoms with Crippen LogP contribution in [0.3, 0.4) is 0 Å². The summed E-state index contributed by atoms with van der Waals surface area (Å²) in [5, 5.41) is 3.04. The lowest BCUT2D eigenvalue weighted by molar-refractivity contribution is -0.126. The van der Waals surface area contributed by atoms with Crippen LogP contribution in [0.15, 0.2) is 18.2 Å². The van der Waals surface area contributed by atoms with Gasteiger partial charge in [-0.05, 0) is 30.7 Å². The molecule has 0 aliphatic rings. The normalized spacial score (nSPS) is 14.0. The molecule has 0 fully saturated rings. The minimum atomic E-state index is -4.07. The van der Waals surface area contributed by atoms with Gasteiger partial charge in [0.15, 0.2) is 0 Å². The molecule has 1 unspecified atom stereocenters. The molecule has 0 spiro atoms. The molecule has 1 aromatic carbocycles. The second kappa shape index (κ2) is 6.08. The van der Waals surface area contributed by atoms with Crippen LogP contribution in [0.1, 0.15) is 18.5 Å². The number of alkyl halides is 4. The molecule has 7 heteroatoms. The molecule has 0 heterocycles. The lowest BCUT2D eigenvalue weighted by Crippen LogP contribution is -2.39. The molecule has 1 N–H and O–H groups in total. The van der Waals surface area contributed by atoms with E-state index in [1.807, 2.05) is 0 Å². The van der Waals surface area contributed by atoms with Crippen molar-refractivity contribution in [2.75, 3.05) is 6.54 Å². The first kappa shape index (κ1) is 15.5. The fourth-order valence-corrected chi connectivity index (χ4v) is 1.78. The van der Waals surface area contributed by atoms with Gasteiger partial charge in [0.25, 0.3) is 0 Å². The first-order chi connectivity index (χ1) is 8.24. The van der Waals surface area contributed by atoms with Crippen LogP contribution < -0.4 is 5.32 Å². The second-order valence-electron chi connectivity index (χ2n) is 3.83. The molecule has 0 bridgehead atoms. The van der Waals surface area contributed by atoms with Gasteiger partial charge in [-0.1, -0.05) is 23.2 Å². The van der Waals surface area contributed by atoms with Crippen molar-refractivity contribution in [3.63, 3.8) is 0 Å². The van der Waals surface area contributed by atoms with Gasteiger partial charge in [0.05, 0.1) is 6.54 Å². The summed E-state index contributed by atoms with van der Waals surface area (Å²) in [6, 6.07) is 3.96. The predicted molar refractivity (Wildman–Crippen MR) is 63.8 cm³/mol. The SMILES string of the molecule is CC(NCC(F)(F)C(F)F)c1cc(Cl)ccc1Cl. The zero-order valence-electron chi connectivity index (χ0n) is 9.36. The standard InChI is InChI=1S/C11H11Cl2F4N/c1-6(18-5-11(16,17)10(14)15)8-4-7(12)2-3-9(8)13/h2-4,6,10,18H,5H2,1H3. The van der Waals surface area contributed by atoms with Crippen molar-refractivity contribution in [3.8, 4) is 0 Å². The maximum atomic E-state index is 12.7. The van der Waals surface area contributed by atoms with Crippen LogP contribution in [0.5, 0.6) is 0 Å². The maximum Gasteiger partial charge on any atom is 0.319 e. The van der Waals surface area contributed by atoms with Crippen LogP contribution in [0.2, 0.25) is 10.0 Å². The molecular formula is C11H11Cl2F4N. The first-order valence-corrected chi connectivity index (χ1v) is 5.84. The van der Waals surface area contributed by atoms with Gasteiger partial charge in [0.2, 0.25) is 0 Å². The minimum Gasteiger partial charge on any atom is -0.304 e. The molecule has 0 saturated heterocycles. The highest BCUT2D eigenvalue weighted by molar-refractivity contribution is 6.33. The van der Waals surface area contributed by atoms with Crippen LogP contribution in [0.25, 0.3) is 0 Å². The van der Waals surface area contributed by atoms with Gasteiger partial charge in [-0.15, -0.1) is 0 Å². The Bertz CT molecular complexity index is 412.